The van der Waals surface area contributed by atoms with Crippen molar-refractivity contribution >= 4 is 11.9 Å². The third-order valence-corrected chi connectivity index (χ3v) is 4.71. The summed E-state index contributed by atoms with van der Waals surface area (Å²) in [5.41, 5.74) is 0. The Morgan fingerprint density at radius 1 is 1.13 bits per heavy atom. The minimum absolute atomic E-state index is 0.627. The lowest BCUT2D eigenvalue weighted by Crippen LogP contribution is -2.40. The van der Waals surface area contributed by atoms with E-state index in [9.17, 15) is 18.4 Å². The fourth-order valence-corrected chi connectivity index (χ4v) is 3.69. The van der Waals surface area contributed by atoms with Gasteiger partial charge in [-0.15, -0.1) is 0 Å². The SMILES string of the molecule is O=C(OC1C(=O)OC2C3OC4(CCCCC4)OC3OC12)C(F)F. The summed E-state index contributed by atoms with van der Waals surface area (Å²) in [6.45, 7) is 0. The van der Waals surface area contributed by atoms with Gasteiger partial charge in [0.05, 0.1) is 0 Å². The van der Waals surface area contributed by atoms with E-state index in [1.807, 2.05) is 0 Å². The number of carbonyl (C=O) groups is 2. The molecule has 5 unspecified atom stereocenters. The van der Waals surface area contributed by atoms with Crippen molar-refractivity contribution in [2.45, 2.75) is 75.0 Å². The van der Waals surface area contributed by atoms with Gasteiger partial charge in [-0.1, -0.05) is 6.42 Å². The molecule has 0 aromatic carbocycles. The second kappa shape index (κ2) is 5.35. The van der Waals surface area contributed by atoms with Gasteiger partial charge in [-0.2, -0.15) is 8.78 Å². The molecule has 23 heavy (non-hydrogen) atoms. The predicted octanol–water partition coefficient (Wildman–Crippen LogP) is 0.889. The molecule has 0 bridgehead atoms. The lowest BCUT2D eigenvalue weighted by Gasteiger charge is -2.33. The van der Waals surface area contributed by atoms with E-state index in [1.54, 1.807) is 0 Å². The third-order valence-electron chi connectivity index (χ3n) is 4.71. The molecule has 7 nitrogen and oxygen atoms in total. The fourth-order valence-electron chi connectivity index (χ4n) is 3.69. The van der Waals surface area contributed by atoms with Crippen LogP contribution in [0.15, 0.2) is 0 Å². The minimum atomic E-state index is -3.32. The molecule has 0 N–H and O–H groups in total. The Morgan fingerprint density at radius 3 is 2.57 bits per heavy atom. The van der Waals surface area contributed by atoms with Crippen molar-refractivity contribution in [3.05, 3.63) is 0 Å². The lowest BCUT2D eigenvalue weighted by atomic mass is 9.94. The highest BCUT2D eigenvalue weighted by molar-refractivity contribution is 5.83. The predicted molar refractivity (Wildman–Crippen MR) is 66.2 cm³/mol. The molecule has 1 aliphatic carbocycles. The van der Waals surface area contributed by atoms with E-state index in [1.165, 1.54) is 0 Å². The van der Waals surface area contributed by atoms with Crippen molar-refractivity contribution in [1.82, 2.24) is 0 Å². The molecule has 1 spiro atoms. The molecule has 3 aliphatic heterocycles. The van der Waals surface area contributed by atoms with Crippen LogP contribution in [-0.4, -0.2) is 54.9 Å². The molecule has 0 aromatic heterocycles. The van der Waals surface area contributed by atoms with E-state index in [-0.39, 0.29) is 0 Å². The van der Waals surface area contributed by atoms with Crippen molar-refractivity contribution in [2.75, 3.05) is 0 Å². The number of rotatable bonds is 2. The Balaban J connectivity index is 1.46. The van der Waals surface area contributed by atoms with Crippen LogP contribution >= 0.6 is 0 Å². The maximum absolute atomic E-state index is 12.3. The molecule has 0 amide bonds. The van der Waals surface area contributed by atoms with E-state index < -0.39 is 54.9 Å². The van der Waals surface area contributed by atoms with Gasteiger partial charge in [0, 0.05) is 12.8 Å². The monoisotopic (exact) mass is 334 g/mol. The Hall–Kier alpha value is -1.32. The number of esters is 2. The van der Waals surface area contributed by atoms with Crippen molar-refractivity contribution in [1.29, 1.82) is 0 Å². The molecular weight excluding hydrogens is 318 g/mol. The smallest absolute Gasteiger partial charge is 0.374 e. The van der Waals surface area contributed by atoms with Gasteiger partial charge < -0.3 is 23.7 Å². The van der Waals surface area contributed by atoms with Gasteiger partial charge in [-0.3, -0.25) is 0 Å². The van der Waals surface area contributed by atoms with Crippen molar-refractivity contribution in [2.24, 2.45) is 0 Å². The summed E-state index contributed by atoms with van der Waals surface area (Å²) >= 11 is 0. The Bertz CT molecular complexity index is 519. The van der Waals surface area contributed by atoms with Crippen LogP contribution in [0.3, 0.4) is 0 Å². The molecule has 4 aliphatic rings. The average Bonchev–Trinajstić information content (AvgIpc) is 3.10. The van der Waals surface area contributed by atoms with Crippen LogP contribution in [0.4, 0.5) is 8.78 Å². The molecule has 1 saturated carbocycles. The fraction of sp³-hybridized carbons (Fsp3) is 0.857. The van der Waals surface area contributed by atoms with Gasteiger partial charge in [0.1, 0.15) is 6.10 Å². The Morgan fingerprint density at radius 2 is 1.87 bits per heavy atom. The molecule has 4 fully saturated rings. The standard InChI is InChI=1S/C14H16F2O7/c15-10(16)12(18)20-8-6-7(19-11(8)17)9-13(21-6)23-14(22-9)4-2-1-3-5-14/h6-10,13H,1-5H2. The normalized spacial score (nSPS) is 41.0. The summed E-state index contributed by atoms with van der Waals surface area (Å²) in [7, 11) is 0. The molecule has 3 saturated heterocycles. The van der Waals surface area contributed by atoms with Gasteiger partial charge in [0.25, 0.3) is 0 Å². The number of hydrogen-bond acceptors (Lipinski definition) is 7. The quantitative estimate of drug-likeness (QED) is 0.694. The zero-order valence-electron chi connectivity index (χ0n) is 12.1. The summed E-state index contributed by atoms with van der Waals surface area (Å²) in [5, 5.41) is 0. The summed E-state index contributed by atoms with van der Waals surface area (Å²) in [4.78, 5) is 22.8. The maximum Gasteiger partial charge on any atom is 0.374 e. The molecule has 9 heteroatoms. The highest BCUT2D eigenvalue weighted by atomic mass is 19.3. The van der Waals surface area contributed by atoms with Gasteiger partial charge in [0.15, 0.2) is 24.3 Å². The zero-order chi connectivity index (χ0) is 16.2. The van der Waals surface area contributed by atoms with E-state index in [0.717, 1.165) is 32.1 Å². The van der Waals surface area contributed by atoms with Crippen LogP contribution in [0.25, 0.3) is 0 Å². The average molecular weight is 334 g/mol. The number of ether oxygens (including phenoxy) is 5. The number of alkyl halides is 2. The Labute approximate surface area is 130 Å². The van der Waals surface area contributed by atoms with Crippen molar-refractivity contribution < 1.29 is 42.1 Å². The number of fused-ring (bicyclic) bond motifs is 3. The number of halogens is 2. The topological polar surface area (TPSA) is 80.3 Å². The van der Waals surface area contributed by atoms with Crippen LogP contribution in [0.5, 0.6) is 0 Å². The summed E-state index contributed by atoms with van der Waals surface area (Å²) in [6, 6.07) is 0. The highest BCUT2D eigenvalue weighted by Crippen LogP contribution is 2.48. The van der Waals surface area contributed by atoms with Crippen LogP contribution in [0.1, 0.15) is 32.1 Å². The first-order chi connectivity index (χ1) is 11.0. The van der Waals surface area contributed by atoms with Crippen molar-refractivity contribution in [3.8, 4) is 0 Å². The van der Waals surface area contributed by atoms with Crippen LogP contribution in [-0.2, 0) is 33.3 Å². The van der Waals surface area contributed by atoms with E-state index in [4.69, 9.17) is 18.9 Å². The second-order valence-corrected chi connectivity index (χ2v) is 6.20. The highest BCUT2D eigenvalue weighted by Gasteiger charge is 2.65. The molecule has 4 rings (SSSR count). The first-order valence-corrected chi connectivity index (χ1v) is 7.69. The summed E-state index contributed by atoms with van der Waals surface area (Å²) < 4.78 is 51.7. The molecule has 128 valence electrons. The number of carbonyl (C=O) groups excluding carboxylic acids is 2. The second-order valence-electron chi connectivity index (χ2n) is 6.20. The first kappa shape index (κ1) is 15.2. The molecule has 0 aromatic rings. The molecule has 3 heterocycles. The summed E-state index contributed by atoms with van der Waals surface area (Å²) in [5.74, 6) is -3.40. The minimum Gasteiger partial charge on any atom is -0.454 e. The van der Waals surface area contributed by atoms with E-state index in [0.29, 0.717) is 0 Å². The van der Waals surface area contributed by atoms with Crippen molar-refractivity contribution in [3.63, 3.8) is 0 Å². The van der Waals surface area contributed by atoms with Gasteiger partial charge >= 0.3 is 18.4 Å². The Kier molecular flexibility index (Phi) is 3.54. The molecule has 0 radical (unpaired) electrons. The van der Waals surface area contributed by atoms with Crippen LogP contribution in [0.2, 0.25) is 0 Å². The van der Waals surface area contributed by atoms with E-state index in [2.05, 4.69) is 4.74 Å². The largest absolute Gasteiger partial charge is 0.454 e. The number of hydrogen-bond donors (Lipinski definition) is 0. The van der Waals surface area contributed by atoms with Gasteiger partial charge in [0.2, 0.25) is 6.10 Å². The molecular formula is C14H16F2O7. The lowest BCUT2D eigenvalue weighted by molar-refractivity contribution is -0.246. The third kappa shape index (κ3) is 2.41. The van der Waals surface area contributed by atoms with Gasteiger partial charge in [-0.05, 0) is 12.8 Å². The van der Waals surface area contributed by atoms with Gasteiger partial charge in [-0.25, -0.2) is 9.59 Å². The summed E-state index contributed by atoms with van der Waals surface area (Å²) in [6.07, 6.45) is -3.48. The van der Waals surface area contributed by atoms with E-state index >= 15 is 0 Å². The maximum atomic E-state index is 12.3. The molecule has 5 atom stereocenters. The van der Waals surface area contributed by atoms with Crippen LogP contribution < -0.4 is 0 Å². The first-order valence-electron chi connectivity index (χ1n) is 7.69. The zero-order valence-corrected chi connectivity index (χ0v) is 12.1. The van der Waals surface area contributed by atoms with Crippen LogP contribution in [0, 0.1) is 0 Å².